The molecule has 0 unspecified atom stereocenters. The second-order valence-electron chi connectivity index (χ2n) is 4.12. The van der Waals surface area contributed by atoms with E-state index in [0.29, 0.717) is 13.2 Å². The number of carbonyl (C=O) groups is 1. The van der Waals surface area contributed by atoms with E-state index in [1.54, 1.807) is 6.92 Å². The topological polar surface area (TPSA) is 56.1 Å². The van der Waals surface area contributed by atoms with Gasteiger partial charge in [-0.25, -0.2) is 9.78 Å². The zero-order chi connectivity index (χ0) is 13.1. The Labute approximate surface area is 106 Å². The van der Waals surface area contributed by atoms with Crippen molar-refractivity contribution in [2.75, 3.05) is 6.61 Å². The summed E-state index contributed by atoms with van der Waals surface area (Å²) in [6, 6.07) is 5.97. The van der Waals surface area contributed by atoms with E-state index in [2.05, 4.69) is 10.3 Å². The quantitative estimate of drug-likeness (QED) is 0.904. The number of hydrogen-bond acceptors (Lipinski definition) is 3. The number of nitrogens with zero attached hydrogens (tertiary/aromatic N) is 2. The number of carbonyl (C=O) groups excluding carboxylic acids is 1. The highest BCUT2D eigenvalue weighted by atomic mass is 16.5. The monoisotopic (exact) mass is 247 g/mol. The van der Waals surface area contributed by atoms with Crippen molar-refractivity contribution >= 4 is 17.1 Å². The predicted molar refractivity (Wildman–Crippen MR) is 69.3 cm³/mol. The maximum atomic E-state index is 11.2. The fraction of sp³-hybridized carbons (Fsp3) is 0.385. The number of amides is 1. The molecular formula is C13H17N3O2. The van der Waals surface area contributed by atoms with Gasteiger partial charge in [-0.05, 0) is 31.5 Å². The molecule has 0 atom stereocenters. The summed E-state index contributed by atoms with van der Waals surface area (Å²) >= 11 is 0. The third-order valence-electron chi connectivity index (χ3n) is 2.88. The molecular weight excluding hydrogens is 230 g/mol. The van der Waals surface area contributed by atoms with E-state index in [4.69, 9.17) is 4.74 Å². The maximum absolute atomic E-state index is 11.2. The Balaban J connectivity index is 2.13. The van der Waals surface area contributed by atoms with Crippen molar-refractivity contribution in [3.05, 3.63) is 29.6 Å². The third-order valence-corrected chi connectivity index (χ3v) is 2.88. The van der Waals surface area contributed by atoms with E-state index in [-0.39, 0.29) is 0 Å². The van der Waals surface area contributed by atoms with Gasteiger partial charge in [-0.15, -0.1) is 0 Å². The van der Waals surface area contributed by atoms with Crippen molar-refractivity contribution in [2.24, 2.45) is 7.05 Å². The largest absolute Gasteiger partial charge is 0.450 e. The number of rotatable bonds is 3. The fourth-order valence-corrected chi connectivity index (χ4v) is 1.83. The molecule has 0 fully saturated rings. The first-order valence-electron chi connectivity index (χ1n) is 5.94. The molecule has 0 aliphatic carbocycles. The highest BCUT2D eigenvalue weighted by Crippen LogP contribution is 2.16. The fourth-order valence-electron chi connectivity index (χ4n) is 1.83. The van der Waals surface area contributed by atoms with Gasteiger partial charge in [-0.1, -0.05) is 6.07 Å². The lowest BCUT2D eigenvalue weighted by Gasteiger charge is -2.05. The van der Waals surface area contributed by atoms with Crippen molar-refractivity contribution in [1.82, 2.24) is 14.9 Å². The molecule has 0 saturated carbocycles. The van der Waals surface area contributed by atoms with Crippen molar-refractivity contribution in [2.45, 2.75) is 20.4 Å². The van der Waals surface area contributed by atoms with Gasteiger partial charge in [0, 0.05) is 13.6 Å². The molecule has 1 N–H and O–H groups in total. The van der Waals surface area contributed by atoms with Crippen LogP contribution in [0.15, 0.2) is 18.2 Å². The van der Waals surface area contributed by atoms with Crippen LogP contribution in [0.5, 0.6) is 0 Å². The molecule has 5 heteroatoms. The molecule has 0 saturated heterocycles. The van der Waals surface area contributed by atoms with Gasteiger partial charge < -0.3 is 14.6 Å². The standard InChI is InChI=1S/C13H17N3O2/c1-4-18-13(17)14-8-10-5-6-12-11(7-10)15-9(2)16(12)3/h5-7H,4,8H2,1-3H3,(H,14,17). The predicted octanol–water partition coefficient (Wildman–Crippen LogP) is 2.13. The zero-order valence-corrected chi connectivity index (χ0v) is 10.9. The Morgan fingerprint density at radius 1 is 1.50 bits per heavy atom. The minimum atomic E-state index is -0.394. The maximum Gasteiger partial charge on any atom is 0.407 e. The molecule has 0 aliphatic heterocycles. The number of alkyl carbamates (subject to hydrolysis) is 1. The smallest absolute Gasteiger partial charge is 0.407 e. The molecule has 1 aromatic carbocycles. The van der Waals surface area contributed by atoms with Crippen molar-refractivity contribution < 1.29 is 9.53 Å². The normalized spacial score (nSPS) is 10.6. The number of hydrogen-bond donors (Lipinski definition) is 1. The molecule has 1 heterocycles. The van der Waals surface area contributed by atoms with Crippen molar-refractivity contribution in [3.8, 4) is 0 Å². The zero-order valence-electron chi connectivity index (χ0n) is 10.9. The summed E-state index contributed by atoms with van der Waals surface area (Å²) < 4.78 is 6.84. The number of aromatic nitrogens is 2. The molecule has 96 valence electrons. The lowest BCUT2D eigenvalue weighted by Crippen LogP contribution is -2.23. The van der Waals surface area contributed by atoms with Gasteiger partial charge in [0.05, 0.1) is 17.6 Å². The van der Waals surface area contributed by atoms with Crippen LogP contribution in [0.3, 0.4) is 0 Å². The Kier molecular flexibility index (Phi) is 3.50. The molecule has 2 rings (SSSR count). The summed E-state index contributed by atoms with van der Waals surface area (Å²) in [5.74, 6) is 0.973. The Bertz CT molecular complexity index is 575. The van der Waals surface area contributed by atoms with Gasteiger partial charge in [0.1, 0.15) is 5.82 Å². The molecule has 0 bridgehead atoms. The first kappa shape index (κ1) is 12.4. The SMILES string of the molecule is CCOC(=O)NCc1ccc2c(c1)nc(C)n2C. The number of fused-ring (bicyclic) bond motifs is 1. The number of imidazole rings is 1. The molecule has 18 heavy (non-hydrogen) atoms. The van der Waals surface area contributed by atoms with Crippen LogP contribution in [-0.2, 0) is 18.3 Å². The molecule has 0 radical (unpaired) electrons. The van der Waals surface area contributed by atoms with Crippen molar-refractivity contribution in [3.63, 3.8) is 0 Å². The average Bonchev–Trinajstić information content (AvgIpc) is 2.63. The van der Waals surface area contributed by atoms with E-state index in [1.807, 2.05) is 36.7 Å². The highest BCUT2D eigenvalue weighted by molar-refractivity contribution is 5.77. The molecule has 1 aromatic heterocycles. The minimum absolute atomic E-state index is 0.379. The summed E-state index contributed by atoms with van der Waals surface area (Å²) in [6.45, 7) is 4.58. The van der Waals surface area contributed by atoms with Gasteiger partial charge in [0.2, 0.25) is 0 Å². The van der Waals surface area contributed by atoms with E-state index in [1.165, 1.54) is 0 Å². The van der Waals surface area contributed by atoms with Gasteiger partial charge >= 0.3 is 6.09 Å². The van der Waals surface area contributed by atoms with E-state index in [9.17, 15) is 4.79 Å². The Hall–Kier alpha value is -2.04. The van der Waals surface area contributed by atoms with Crippen LogP contribution in [0.25, 0.3) is 11.0 Å². The van der Waals surface area contributed by atoms with Crippen LogP contribution in [-0.4, -0.2) is 22.3 Å². The summed E-state index contributed by atoms with van der Waals surface area (Å²) in [5.41, 5.74) is 3.04. The highest BCUT2D eigenvalue weighted by Gasteiger charge is 2.06. The van der Waals surface area contributed by atoms with Crippen LogP contribution < -0.4 is 5.32 Å². The Morgan fingerprint density at radius 2 is 2.28 bits per heavy atom. The van der Waals surface area contributed by atoms with Gasteiger partial charge in [-0.2, -0.15) is 0 Å². The first-order chi connectivity index (χ1) is 8.61. The Morgan fingerprint density at radius 3 is 3.00 bits per heavy atom. The minimum Gasteiger partial charge on any atom is -0.450 e. The molecule has 0 spiro atoms. The second kappa shape index (κ2) is 5.08. The van der Waals surface area contributed by atoms with Crippen molar-refractivity contribution in [1.29, 1.82) is 0 Å². The van der Waals surface area contributed by atoms with Crippen LogP contribution in [0.2, 0.25) is 0 Å². The summed E-state index contributed by atoms with van der Waals surface area (Å²) in [4.78, 5) is 15.6. The summed E-state index contributed by atoms with van der Waals surface area (Å²) in [6.07, 6.45) is -0.394. The first-order valence-corrected chi connectivity index (χ1v) is 5.94. The molecule has 2 aromatic rings. The second-order valence-corrected chi connectivity index (χ2v) is 4.12. The van der Waals surface area contributed by atoms with Crippen LogP contribution in [0, 0.1) is 6.92 Å². The summed E-state index contributed by atoms with van der Waals surface area (Å²) in [5, 5.41) is 2.69. The van der Waals surface area contributed by atoms with E-state index >= 15 is 0 Å². The lowest BCUT2D eigenvalue weighted by molar-refractivity contribution is 0.151. The molecule has 5 nitrogen and oxygen atoms in total. The molecule has 0 aliphatic rings. The van der Waals surface area contributed by atoms with Gasteiger partial charge in [0.25, 0.3) is 0 Å². The summed E-state index contributed by atoms with van der Waals surface area (Å²) in [7, 11) is 1.99. The number of aryl methyl sites for hydroxylation is 2. The molecule has 1 amide bonds. The van der Waals surface area contributed by atoms with Gasteiger partial charge in [0.15, 0.2) is 0 Å². The van der Waals surface area contributed by atoms with Crippen LogP contribution >= 0.6 is 0 Å². The van der Waals surface area contributed by atoms with Gasteiger partial charge in [-0.3, -0.25) is 0 Å². The number of nitrogens with one attached hydrogen (secondary N) is 1. The van der Waals surface area contributed by atoms with E-state index in [0.717, 1.165) is 22.4 Å². The lowest BCUT2D eigenvalue weighted by atomic mass is 10.2. The van der Waals surface area contributed by atoms with Crippen LogP contribution in [0.1, 0.15) is 18.3 Å². The third kappa shape index (κ3) is 2.45. The average molecular weight is 247 g/mol. The number of benzene rings is 1. The van der Waals surface area contributed by atoms with Crippen LogP contribution in [0.4, 0.5) is 4.79 Å². The van der Waals surface area contributed by atoms with E-state index < -0.39 is 6.09 Å². The number of ether oxygens (including phenoxy) is 1.